The molecule has 1 aromatic heterocycles. The Morgan fingerprint density at radius 2 is 2.11 bits per heavy atom. The molecule has 0 aromatic carbocycles. The molecule has 2 heterocycles. The first-order valence-electron chi connectivity index (χ1n) is 7.15. The van der Waals surface area contributed by atoms with E-state index in [1.807, 2.05) is 13.0 Å². The normalized spacial score (nSPS) is 20.2. The molecule has 1 unspecified atom stereocenters. The molecule has 3 nitrogen and oxygen atoms in total. The Morgan fingerprint density at radius 3 is 2.72 bits per heavy atom. The van der Waals surface area contributed by atoms with Crippen molar-refractivity contribution in [3.05, 3.63) is 23.7 Å². The second-order valence-electron chi connectivity index (χ2n) is 5.71. The Bertz CT molecular complexity index is 353. The molecule has 1 aliphatic heterocycles. The maximum Gasteiger partial charge on any atom is 0.117 e. The minimum absolute atomic E-state index is 0.619. The molecular formula is C15H26N2O. The molecular weight excluding hydrogens is 224 g/mol. The van der Waals surface area contributed by atoms with Gasteiger partial charge in [0.2, 0.25) is 0 Å². The summed E-state index contributed by atoms with van der Waals surface area (Å²) in [6.45, 7) is 11.0. The van der Waals surface area contributed by atoms with Gasteiger partial charge in [0.1, 0.15) is 11.5 Å². The highest BCUT2D eigenvalue weighted by atomic mass is 16.3. The zero-order valence-electron chi connectivity index (χ0n) is 11.9. The second kappa shape index (κ2) is 6.39. The highest BCUT2D eigenvalue weighted by molar-refractivity contribution is 5.05. The van der Waals surface area contributed by atoms with Gasteiger partial charge in [0.15, 0.2) is 0 Å². The van der Waals surface area contributed by atoms with E-state index >= 15 is 0 Å². The van der Waals surface area contributed by atoms with E-state index in [1.165, 1.54) is 25.9 Å². The molecule has 102 valence electrons. The van der Waals surface area contributed by atoms with Crippen LogP contribution in [0.2, 0.25) is 0 Å². The van der Waals surface area contributed by atoms with Crippen molar-refractivity contribution < 1.29 is 4.42 Å². The van der Waals surface area contributed by atoms with E-state index in [-0.39, 0.29) is 0 Å². The van der Waals surface area contributed by atoms with E-state index in [0.29, 0.717) is 6.04 Å². The van der Waals surface area contributed by atoms with Crippen molar-refractivity contribution in [1.29, 1.82) is 0 Å². The van der Waals surface area contributed by atoms with Crippen molar-refractivity contribution in [3.8, 4) is 0 Å². The van der Waals surface area contributed by atoms with Crippen molar-refractivity contribution in [2.45, 2.75) is 46.2 Å². The number of hydrogen-bond acceptors (Lipinski definition) is 3. The smallest absolute Gasteiger partial charge is 0.117 e. The second-order valence-corrected chi connectivity index (χ2v) is 5.71. The fraction of sp³-hybridized carbons (Fsp3) is 0.733. The molecule has 1 N–H and O–H groups in total. The van der Waals surface area contributed by atoms with Gasteiger partial charge in [-0.1, -0.05) is 6.92 Å². The molecule has 1 aromatic rings. The van der Waals surface area contributed by atoms with Crippen LogP contribution in [0.25, 0.3) is 0 Å². The first-order valence-corrected chi connectivity index (χ1v) is 7.15. The molecule has 0 aliphatic carbocycles. The van der Waals surface area contributed by atoms with Gasteiger partial charge < -0.3 is 9.73 Å². The Balaban J connectivity index is 1.67. The van der Waals surface area contributed by atoms with Crippen molar-refractivity contribution in [2.24, 2.45) is 5.92 Å². The van der Waals surface area contributed by atoms with Crippen molar-refractivity contribution in [1.82, 2.24) is 10.2 Å². The number of piperidine rings is 1. The number of hydrogen-bond donors (Lipinski definition) is 1. The van der Waals surface area contributed by atoms with E-state index in [9.17, 15) is 0 Å². The van der Waals surface area contributed by atoms with Crippen molar-refractivity contribution in [2.75, 3.05) is 19.6 Å². The lowest BCUT2D eigenvalue weighted by atomic mass is 9.98. The minimum Gasteiger partial charge on any atom is -0.465 e. The zero-order chi connectivity index (χ0) is 13.0. The Hall–Kier alpha value is -0.800. The zero-order valence-corrected chi connectivity index (χ0v) is 11.9. The third kappa shape index (κ3) is 3.85. The van der Waals surface area contributed by atoms with Crippen LogP contribution in [-0.2, 0) is 6.54 Å². The summed E-state index contributed by atoms with van der Waals surface area (Å²) in [6, 6.07) is 4.69. The fourth-order valence-electron chi connectivity index (χ4n) is 2.58. The highest BCUT2D eigenvalue weighted by Crippen LogP contribution is 2.17. The Morgan fingerprint density at radius 1 is 1.39 bits per heavy atom. The number of aryl methyl sites for hydroxylation is 1. The van der Waals surface area contributed by atoms with Gasteiger partial charge in [-0.15, -0.1) is 0 Å². The first kappa shape index (κ1) is 13.6. The van der Waals surface area contributed by atoms with E-state index < -0.39 is 0 Å². The third-order valence-electron chi connectivity index (χ3n) is 3.98. The van der Waals surface area contributed by atoms with Gasteiger partial charge >= 0.3 is 0 Å². The standard InChI is InChI=1S/C15H26N2O/c1-12-6-8-17(9-7-12)13(2)10-16-11-15-5-4-14(3)18-15/h4-5,12-13,16H,6-11H2,1-3H3. The molecule has 1 saturated heterocycles. The minimum atomic E-state index is 0.619. The molecule has 1 atom stereocenters. The fourth-order valence-corrected chi connectivity index (χ4v) is 2.58. The third-order valence-corrected chi connectivity index (χ3v) is 3.98. The van der Waals surface area contributed by atoms with Gasteiger partial charge in [0.25, 0.3) is 0 Å². The van der Waals surface area contributed by atoms with E-state index in [1.54, 1.807) is 0 Å². The van der Waals surface area contributed by atoms with Gasteiger partial charge in [-0.2, -0.15) is 0 Å². The highest BCUT2D eigenvalue weighted by Gasteiger charge is 2.19. The molecule has 1 aliphatic rings. The van der Waals surface area contributed by atoms with Crippen LogP contribution < -0.4 is 5.32 Å². The first-order chi connectivity index (χ1) is 8.65. The largest absolute Gasteiger partial charge is 0.465 e. The average Bonchev–Trinajstić information content (AvgIpc) is 2.76. The predicted molar refractivity (Wildman–Crippen MR) is 74.6 cm³/mol. The van der Waals surface area contributed by atoms with Crippen LogP contribution in [0, 0.1) is 12.8 Å². The quantitative estimate of drug-likeness (QED) is 0.871. The number of nitrogens with one attached hydrogen (secondary N) is 1. The summed E-state index contributed by atoms with van der Waals surface area (Å²) < 4.78 is 5.55. The SMILES string of the molecule is Cc1ccc(CNCC(C)N2CCC(C)CC2)o1. The summed E-state index contributed by atoms with van der Waals surface area (Å²) in [4.78, 5) is 2.60. The molecule has 2 rings (SSSR count). The van der Waals surface area contributed by atoms with Crippen LogP contribution in [0.3, 0.4) is 0 Å². The van der Waals surface area contributed by atoms with Crippen LogP contribution in [0.1, 0.15) is 38.2 Å². The van der Waals surface area contributed by atoms with Crippen LogP contribution >= 0.6 is 0 Å². The Labute approximate surface area is 111 Å². The summed E-state index contributed by atoms with van der Waals surface area (Å²) >= 11 is 0. The van der Waals surface area contributed by atoms with E-state index in [4.69, 9.17) is 4.42 Å². The number of nitrogens with zero attached hydrogens (tertiary/aromatic N) is 1. The topological polar surface area (TPSA) is 28.4 Å². The number of furan rings is 1. The Kier molecular flexibility index (Phi) is 4.84. The molecule has 0 bridgehead atoms. The lowest BCUT2D eigenvalue weighted by Gasteiger charge is -2.35. The summed E-state index contributed by atoms with van der Waals surface area (Å²) in [5, 5.41) is 3.49. The molecule has 3 heteroatoms. The van der Waals surface area contributed by atoms with Crippen LogP contribution in [0.4, 0.5) is 0 Å². The summed E-state index contributed by atoms with van der Waals surface area (Å²) in [5.74, 6) is 2.93. The van der Waals surface area contributed by atoms with E-state index in [2.05, 4.69) is 30.1 Å². The molecule has 18 heavy (non-hydrogen) atoms. The van der Waals surface area contributed by atoms with Crippen molar-refractivity contribution >= 4 is 0 Å². The molecule has 0 saturated carbocycles. The molecule has 1 fully saturated rings. The van der Waals surface area contributed by atoms with Gasteiger partial charge in [0, 0.05) is 12.6 Å². The summed E-state index contributed by atoms with van der Waals surface area (Å²) in [6.07, 6.45) is 2.70. The maximum absolute atomic E-state index is 5.55. The van der Waals surface area contributed by atoms with Gasteiger partial charge in [0.05, 0.1) is 6.54 Å². The van der Waals surface area contributed by atoms with Gasteiger partial charge in [-0.25, -0.2) is 0 Å². The van der Waals surface area contributed by atoms with Gasteiger partial charge in [-0.05, 0) is 57.8 Å². The van der Waals surface area contributed by atoms with Crippen LogP contribution in [0.5, 0.6) is 0 Å². The van der Waals surface area contributed by atoms with Crippen molar-refractivity contribution in [3.63, 3.8) is 0 Å². The monoisotopic (exact) mass is 250 g/mol. The van der Waals surface area contributed by atoms with Gasteiger partial charge in [-0.3, -0.25) is 4.90 Å². The molecule has 0 amide bonds. The molecule has 0 spiro atoms. The summed E-state index contributed by atoms with van der Waals surface area (Å²) in [7, 11) is 0. The predicted octanol–water partition coefficient (Wildman–Crippen LogP) is 2.80. The maximum atomic E-state index is 5.55. The number of rotatable bonds is 5. The lowest BCUT2D eigenvalue weighted by molar-refractivity contribution is 0.144. The average molecular weight is 250 g/mol. The van der Waals surface area contributed by atoms with Crippen LogP contribution in [-0.4, -0.2) is 30.6 Å². The summed E-state index contributed by atoms with van der Waals surface area (Å²) in [5.41, 5.74) is 0. The van der Waals surface area contributed by atoms with E-state index in [0.717, 1.165) is 30.5 Å². The van der Waals surface area contributed by atoms with Crippen LogP contribution in [0.15, 0.2) is 16.5 Å². The molecule has 0 radical (unpaired) electrons. The lowest BCUT2D eigenvalue weighted by Crippen LogP contribution is -2.44. The number of likely N-dealkylation sites (tertiary alicyclic amines) is 1.